The van der Waals surface area contributed by atoms with E-state index in [0.29, 0.717) is 17.7 Å². The molecule has 0 saturated heterocycles. The molecule has 0 aliphatic heterocycles. The summed E-state index contributed by atoms with van der Waals surface area (Å²) in [6, 6.07) is 4.22. The van der Waals surface area contributed by atoms with Crippen LogP contribution in [0.15, 0.2) is 18.2 Å². The highest BCUT2D eigenvalue weighted by molar-refractivity contribution is 5.93. The summed E-state index contributed by atoms with van der Waals surface area (Å²) >= 11 is 0. The fourth-order valence-corrected chi connectivity index (χ4v) is 3.27. The van der Waals surface area contributed by atoms with Gasteiger partial charge in [0.25, 0.3) is 11.6 Å². The lowest BCUT2D eigenvalue weighted by Crippen LogP contribution is -2.21. The molecule has 1 aliphatic carbocycles. The number of ether oxygens (including phenoxy) is 1. The van der Waals surface area contributed by atoms with Gasteiger partial charge in [0.05, 0.1) is 10.6 Å². The van der Waals surface area contributed by atoms with E-state index in [1.54, 1.807) is 13.0 Å². The van der Waals surface area contributed by atoms with Gasteiger partial charge in [-0.3, -0.25) is 19.7 Å². The summed E-state index contributed by atoms with van der Waals surface area (Å²) in [7, 11) is 0. The number of esters is 1. The van der Waals surface area contributed by atoms with Gasteiger partial charge in [0.15, 0.2) is 6.61 Å². The van der Waals surface area contributed by atoms with Crippen molar-refractivity contribution in [1.82, 2.24) is 0 Å². The maximum atomic E-state index is 11.9. The van der Waals surface area contributed by atoms with Crippen LogP contribution in [0.1, 0.15) is 56.9 Å². The number of nitro groups is 1. The molecule has 26 heavy (non-hydrogen) atoms. The number of carbonyl (C=O) groups excluding carboxylic acids is 2. The van der Waals surface area contributed by atoms with E-state index >= 15 is 0 Å². The van der Waals surface area contributed by atoms with E-state index < -0.39 is 10.8 Å². The van der Waals surface area contributed by atoms with Crippen molar-refractivity contribution in [1.29, 1.82) is 0 Å². The van der Waals surface area contributed by atoms with Gasteiger partial charge < -0.3 is 10.1 Å². The largest absolute Gasteiger partial charge is 0.456 e. The highest BCUT2D eigenvalue weighted by Gasteiger charge is 2.15. The van der Waals surface area contributed by atoms with E-state index in [-0.39, 0.29) is 18.3 Å². The molecule has 1 saturated carbocycles. The van der Waals surface area contributed by atoms with Crippen LogP contribution in [0.3, 0.4) is 0 Å². The molecule has 1 aromatic carbocycles. The third kappa shape index (κ3) is 6.46. The quantitative estimate of drug-likeness (QED) is 0.426. The van der Waals surface area contributed by atoms with Crippen LogP contribution in [0.4, 0.5) is 11.4 Å². The lowest BCUT2D eigenvalue weighted by molar-refractivity contribution is -0.384. The molecule has 0 aromatic heterocycles. The average molecular weight is 362 g/mol. The van der Waals surface area contributed by atoms with Crippen LogP contribution in [-0.4, -0.2) is 23.4 Å². The molecule has 1 N–H and O–H groups in total. The highest BCUT2D eigenvalue weighted by atomic mass is 16.6. The summed E-state index contributed by atoms with van der Waals surface area (Å²) in [6.45, 7) is 1.35. The molecule has 142 valence electrons. The van der Waals surface area contributed by atoms with Crippen molar-refractivity contribution in [2.24, 2.45) is 5.92 Å². The Morgan fingerprint density at radius 3 is 2.69 bits per heavy atom. The highest BCUT2D eigenvalue weighted by Crippen LogP contribution is 2.27. The molecular weight excluding hydrogens is 336 g/mol. The van der Waals surface area contributed by atoms with Gasteiger partial charge in [0.1, 0.15) is 0 Å². The summed E-state index contributed by atoms with van der Waals surface area (Å²) in [5.41, 5.74) is 0.936. The smallest absolute Gasteiger partial charge is 0.306 e. The van der Waals surface area contributed by atoms with Crippen molar-refractivity contribution in [2.45, 2.75) is 58.3 Å². The predicted octanol–water partition coefficient (Wildman–Crippen LogP) is 4.14. The van der Waals surface area contributed by atoms with Crippen LogP contribution >= 0.6 is 0 Å². The van der Waals surface area contributed by atoms with Crippen molar-refractivity contribution in [3.05, 3.63) is 33.9 Å². The van der Waals surface area contributed by atoms with Crippen LogP contribution in [0, 0.1) is 23.0 Å². The Hall–Kier alpha value is -2.44. The van der Waals surface area contributed by atoms with E-state index in [0.717, 1.165) is 18.8 Å². The number of benzene rings is 1. The maximum Gasteiger partial charge on any atom is 0.306 e. The Balaban J connectivity index is 1.70. The Bertz CT molecular complexity index is 653. The van der Waals surface area contributed by atoms with Gasteiger partial charge in [0, 0.05) is 18.6 Å². The number of hydrogen-bond donors (Lipinski definition) is 1. The molecule has 0 radical (unpaired) electrons. The average Bonchev–Trinajstić information content (AvgIpc) is 2.62. The SMILES string of the molecule is Cc1ccc([N+](=O)[O-])cc1NC(=O)COC(=O)CCCC1CCCCC1. The minimum Gasteiger partial charge on any atom is -0.456 e. The standard InChI is InChI=1S/C19H26N2O5/c1-14-10-11-16(21(24)25)12-17(14)20-18(22)13-26-19(23)9-5-8-15-6-3-2-4-7-15/h10-12,15H,2-9,13H2,1H3,(H,20,22). The van der Waals surface area contributed by atoms with Gasteiger partial charge in [0.2, 0.25) is 0 Å². The molecule has 0 spiro atoms. The molecule has 1 amide bonds. The number of aryl methyl sites for hydroxylation is 1. The fraction of sp³-hybridized carbons (Fsp3) is 0.579. The summed E-state index contributed by atoms with van der Waals surface area (Å²) in [5.74, 6) is -0.169. The third-order valence-corrected chi connectivity index (χ3v) is 4.79. The first-order chi connectivity index (χ1) is 12.5. The number of amides is 1. The van der Waals surface area contributed by atoms with Gasteiger partial charge in [-0.2, -0.15) is 0 Å². The monoisotopic (exact) mass is 362 g/mol. The Morgan fingerprint density at radius 2 is 2.00 bits per heavy atom. The zero-order valence-corrected chi connectivity index (χ0v) is 15.2. The zero-order chi connectivity index (χ0) is 18.9. The Morgan fingerprint density at radius 1 is 1.27 bits per heavy atom. The van der Waals surface area contributed by atoms with E-state index in [4.69, 9.17) is 4.74 Å². The van der Waals surface area contributed by atoms with Crippen LogP contribution in [0.5, 0.6) is 0 Å². The minimum atomic E-state index is -0.526. The van der Waals surface area contributed by atoms with Crippen molar-refractivity contribution < 1.29 is 19.2 Å². The van der Waals surface area contributed by atoms with E-state index in [9.17, 15) is 19.7 Å². The minimum absolute atomic E-state index is 0.106. The van der Waals surface area contributed by atoms with E-state index in [1.165, 1.54) is 44.2 Å². The second-order valence-corrected chi connectivity index (χ2v) is 6.86. The van der Waals surface area contributed by atoms with Crippen LogP contribution < -0.4 is 5.32 Å². The number of rotatable bonds is 8. The molecule has 1 fully saturated rings. The molecule has 0 unspecified atom stereocenters. The number of anilines is 1. The van der Waals surface area contributed by atoms with Crippen molar-refractivity contribution in [3.8, 4) is 0 Å². The normalized spacial score (nSPS) is 14.7. The number of carbonyl (C=O) groups is 2. The topological polar surface area (TPSA) is 98.5 Å². The molecule has 0 atom stereocenters. The van der Waals surface area contributed by atoms with Crippen molar-refractivity contribution in [3.63, 3.8) is 0 Å². The first-order valence-corrected chi connectivity index (χ1v) is 9.16. The number of non-ortho nitro benzene ring substituents is 1. The van der Waals surface area contributed by atoms with Crippen molar-refractivity contribution >= 4 is 23.3 Å². The summed E-state index contributed by atoms with van der Waals surface area (Å²) in [6.07, 6.45) is 8.53. The second kappa shape index (κ2) is 9.89. The fourth-order valence-electron chi connectivity index (χ4n) is 3.27. The number of hydrogen-bond acceptors (Lipinski definition) is 5. The number of nitrogens with one attached hydrogen (secondary N) is 1. The summed E-state index contributed by atoms with van der Waals surface area (Å²) in [5, 5.41) is 13.4. The number of nitrogens with zero attached hydrogens (tertiary/aromatic N) is 1. The van der Waals surface area contributed by atoms with Gasteiger partial charge in [-0.1, -0.05) is 38.2 Å². The van der Waals surface area contributed by atoms with Crippen molar-refractivity contribution in [2.75, 3.05) is 11.9 Å². The van der Waals surface area contributed by atoms with Gasteiger partial charge in [-0.15, -0.1) is 0 Å². The molecule has 1 aliphatic rings. The molecular formula is C19H26N2O5. The second-order valence-electron chi connectivity index (χ2n) is 6.86. The molecule has 2 rings (SSSR count). The van der Waals surface area contributed by atoms with Gasteiger partial charge >= 0.3 is 5.97 Å². The first-order valence-electron chi connectivity index (χ1n) is 9.16. The van der Waals surface area contributed by atoms with Gasteiger partial charge in [-0.05, 0) is 31.2 Å². The maximum absolute atomic E-state index is 11.9. The van der Waals surface area contributed by atoms with E-state index in [2.05, 4.69) is 5.32 Å². The summed E-state index contributed by atoms with van der Waals surface area (Å²) in [4.78, 5) is 34.0. The number of nitro benzene ring substituents is 1. The summed E-state index contributed by atoms with van der Waals surface area (Å²) < 4.78 is 5.00. The van der Waals surface area contributed by atoms with E-state index in [1.807, 2.05) is 0 Å². The molecule has 0 heterocycles. The zero-order valence-electron chi connectivity index (χ0n) is 15.2. The lowest BCUT2D eigenvalue weighted by Gasteiger charge is -2.20. The molecule has 0 bridgehead atoms. The van der Waals surface area contributed by atoms with Crippen LogP contribution in [0.2, 0.25) is 0 Å². The first kappa shape index (κ1) is 19.9. The molecule has 1 aromatic rings. The Kier molecular flexibility index (Phi) is 7.56. The van der Waals surface area contributed by atoms with Crippen LogP contribution in [0.25, 0.3) is 0 Å². The van der Waals surface area contributed by atoms with Crippen LogP contribution in [-0.2, 0) is 14.3 Å². The third-order valence-electron chi connectivity index (χ3n) is 4.79. The lowest BCUT2D eigenvalue weighted by atomic mass is 9.86. The Labute approximate surface area is 153 Å². The molecule has 7 nitrogen and oxygen atoms in total. The molecule has 7 heteroatoms. The predicted molar refractivity (Wildman–Crippen MR) is 97.8 cm³/mol. The van der Waals surface area contributed by atoms with Gasteiger partial charge in [-0.25, -0.2) is 0 Å².